The van der Waals surface area contributed by atoms with Crippen LogP contribution in [0.2, 0.25) is 0 Å². The summed E-state index contributed by atoms with van der Waals surface area (Å²) in [4.78, 5) is 16.4. The van der Waals surface area contributed by atoms with Gasteiger partial charge in [-0.3, -0.25) is 4.90 Å². The average Bonchev–Trinajstić information content (AvgIpc) is 2.22. The van der Waals surface area contributed by atoms with E-state index >= 15 is 0 Å². The molecule has 1 atom stereocenters. The van der Waals surface area contributed by atoms with Crippen LogP contribution >= 0.6 is 0 Å². The molecule has 3 heterocycles. The van der Waals surface area contributed by atoms with E-state index in [9.17, 15) is 4.79 Å². The number of ether oxygens (including phenoxy) is 2. The first-order chi connectivity index (χ1) is 9.92. The summed E-state index contributed by atoms with van der Waals surface area (Å²) in [6.45, 7) is 11.7. The van der Waals surface area contributed by atoms with Gasteiger partial charge in [-0.2, -0.15) is 0 Å². The van der Waals surface area contributed by atoms with E-state index in [0.717, 1.165) is 32.2 Å². The van der Waals surface area contributed by atoms with Crippen molar-refractivity contribution in [1.29, 1.82) is 0 Å². The lowest BCUT2D eigenvalue weighted by molar-refractivity contribution is -0.0866. The smallest absolute Gasteiger partial charge is 0.410 e. The largest absolute Gasteiger partial charge is 0.444 e. The number of piperidine rings is 1. The first-order valence-corrected chi connectivity index (χ1v) is 8.22. The number of likely N-dealkylation sites (tertiary alicyclic amines) is 2. The summed E-state index contributed by atoms with van der Waals surface area (Å²) in [7, 11) is 0. The Morgan fingerprint density at radius 3 is 2.43 bits per heavy atom. The maximum Gasteiger partial charge on any atom is 0.410 e. The van der Waals surface area contributed by atoms with Gasteiger partial charge in [-0.1, -0.05) is 0 Å². The number of hydrogen-bond donors (Lipinski definition) is 0. The summed E-state index contributed by atoms with van der Waals surface area (Å²) in [5.41, 5.74) is -0.395. The number of carbonyl (C=O) groups excluding carboxylic acids is 1. The molecule has 0 aromatic carbocycles. The molecule has 3 rings (SSSR count). The maximum atomic E-state index is 12.0. The second-order valence-electron chi connectivity index (χ2n) is 7.73. The van der Waals surface area contributed by atoms with Gasteiger partial charge in [0.05, 0.1) is 19.3 Å². The van der Waals surface area contributed by atoms with Crippen molar-refractivity contribution < 1.29 is 14.3 Å². The molecule has 3 fully saturated rings. The highest BCUT2D eigenvalue weighted by atomic mass is 16.6. The van der Waals surface area contributed by atoms with Gasteiger partial charge in [0, 0.05) is 19.6 Å². The van der Waals surface area contributed by atoms with Gasteiger partial charge in [-0.15, -0.1) is 0 Å². The van der Waals surface area contributed by atoms with Gasteiger partial charge < -0.3 is 14.4 Å². The molecule has 0 unspecified atom stereocenters. The summed E-state index contributed by atoms with van der Waals surface area (Å²) in [6.07, 6.45) is 2.43. The molecule has 0 spiro atoms. The van der Waals surface area contributed by atoms with Crippen LogP contribution in [0.4, 0.5) is 4.79 Å². The molecule has 0 N–H and O–H groups in total. The number of carbonyl (C=O) groups is 1. The predicted octanol–water partition coefficient (Wildman–Crippen LogP) is 1.96. The lowest BCUT2D eigenvalue weighted by atomic mass is 9.80. The van der Waals surface area contributed by atoms with Crippen molar-refractivity contribution in [3.05, 3.63) is 0 Å². The highest BCUT2D eigenvalue weighted by Gasteiger charge is 2.41. The quantitative estimate of drug-likeness (QED) is 0.781. The maximum absolute atomic E-state index is 12.0. The zero-order valence-electron chi connectivity index (χ0n) is 13.5. The predicted molar refractivity (Wildman–Crippen MR) is 80.2 cm³/mol. The van der Waals surface area contributed by atoms with Crippen LogP contribution in [-0.4, -0.2) is 66.9 Å². The average molecular weight is 296 g/mol. The van der Waals surface area contributed by atoms with Crippen LogP contribution in [0.1, 0.15) is 33.6 Å². The molecule has 0 bridgehead atoms. The summed E-state index contributed by atoms with van der Waals surface area (Å²) in [5.74, 6) is 1.39. The molecule has 5 heteroatoms. The second kappa shape index (κ2) is 5.76. The van der Waals surface area contributed by atoms with E-state index in [-0.39, 0.29) is 6.09 Å². The van der Waals surface area contributed by atoms with Crippen LogP contribution < -0.4 is 0 Å². The van der Waals surface area contributed by atoms with Gasteiger partial charge in [-0.05, 0) is 52.0 Å². The number of rotatable bonds is 2. The molecule has 0 saturated carbocycles. The van der Waals surface area contributed by atoms with Gasteiger partial charge in [-0.25, -0.2) is 4.79 Å². The minimum atomic E-state index is -0.395. The van der Waals surface area contributed by atoms with Gasteiger partial charge in [0.15, 0.2) is 0 Å². The molecule has 120 valence electrons. The van der Waals surface area contributed by atoms with Crippen molar-refractivity contribution in [1.82, 2.24) is 9.80 Å². The van der Waals surface area contributed by atoms with Crippen molar-refractivity contribution in [3.8, 4) is 0 Å². The van der Waals surface area contributed by atoms with Crippen LogP contribution in [0.25, 0.3) is 0 Å². The fraction of sp³-hybridized carbons (Fsp3) is 0.938. The molecule has 0 aliphatic carbocycles. The first-order valence-electron chi connectivity index (χ1n) is 8.22. The SMILES string of the molecule is CC(C)(C)OC(=O)N1CC([C@H]2CCCN(C3COC3)C2)C1. The second-order valence-corrected chi connectivity index (χ2v) is 7.73. The molecule has 21 heavy (non-hydrogen) atoms. The topological polar surface area (TPSA) is 42.0 Å². The standard InChI is InChI=1S/C16H28N2O3/c1-16(2,3)21-15(19)18-8-13(9-18)12-5-4-6-17(7-12)14-10-20-11-14/h12-14H,4-11H2,1-3H3/t12-/m0/s1. The van der Waals surface area contributed by atoms with Gasteiger partial charge in [0.2, 0.25) is 0 Å². The molecule has 1 amide bonds. The normalized spacial score (nSPS) is 28.9. The molecule has 3 saturated heterocycles. The van der Waals surface area contributed by atoms with Crippen molar-refractivity contribution in [2.45, 2.75) is 45.3 Å². The van der Waals surface area contributed by atoms with E-state index in [0.29, 0.717) is 12.0 Å². The highest BCUT2D eigenvalue weighted by Crippen LogP contribution is 2.33. The van der Waals surface area contributed by atoms with Crippen LogP contribution in [0.3, 0.4) is 0 Å². The van der Waals surface area contributed by atoms with Crippen molar-refractivity contribution >= 4 is 6.09 Å². The summed E-state index contributed by atoms with van der Waals surface area (Å²) in [6, 6.07) is 0.648. The number of hydrogen-bond acceptors (Lipinski definition) is 4. The van der Waals surface area contributed by atoms with E-state index in [1.807, 2.05) is 25.7 Å². The Balaban J connectivity index is 1.44. The Labute approximate surface area is 127 Å². The summed E-state index contributed by atoms with van der Waals surface area (Å²) >= 11 is 0. The van der Waals surface area contributed by atoms with Gasteiger partial charge in [0.25, 0.3) is 0 Å². The third kappa shape index (κ3) is 3.51. The van der Waals surface area contributed by atoms with Crippen LogP contribution in [0.5, 0.6) is 0 Å². The van der Waals surface area contributed by atoms with Crippen LogP contribution in [0, 0.1) is 11.8 Å². The van der Waals surface area contributed by atoms with Crippen LogP contribution in [-0.2, 0) is 9.47 Å². The minimum Gasteiger partial charge on any atom is -0.444 e. The number of nitrogens with zero attached hydrogens (tertiary/aromatic N) is 2. The van der Waals surface area contributed by atoms with Crippen LogP contribution in [0.15, 0.2) is 0 Å². The number of amides is 1. The van der Waals surface area contributed by atoms with E-state index in [1.54, 1.807) is 0 Å². The van der Waals surface area contributed by atoms with Crippen molar-refractivity contribution in [2.24, 2.45) is 11.8 Å². The third-order valence-corrected chi connectivity index (χ3v) is 4.85. The Bertz CT molecular complexity index is 383. The lowest BCUT2D eigenvalue weighted by Crippen LogP contribution is -2.58. The Hall–Kier alpha value is -0.810. The minimum absolute atomic E-state index is 0.154. The van der Waals surface area contributed by atoms with Gasteiger partial charge >= 0.3 is 6.09 Å². The molecule has 3 aliphatic heterocycles. The van der Waals surface area contributed by atoms with E-state index < -0.39 is 5.60 Å². The van der Waals surface area contributed by atoms with E-state index in [2.05, 4.69) is 4.90 Å². The highest BCUT2D eigenvalue weighted by molar-refractivity contribution is 5.69. The molecule has 0 aromatic heterocycles. The van der Waals surface area contributed by atoms with Crippen molar-refractivity contribution in [3.63, 3.8) is 0 Å². The third-order valence-electron chi connectivity index (χ3n) is 4.85. The monoisotopic (exact) mass is 296 g/mol. The first kappa shape index (κ1) is 15.1. The molecular weight excluding hydrogens is 268 g/mol. The molecule has 5 nitrogen and oxygen atoms in total. The zero-order valence-corrected chi connectivity index (χ0v) is 13.5. The molecule has 3 aliphatic rings. The fourth-order valence-corrected chi connectivity index (χ4v) is 3.48. The summed E-state index contributed by atoms with van der Waals surface area (Å²) in [5, 5.41) is 0. The van der Waals surface area contributed by atoms with E-state index in [4.69, 9.17) is 9.47 Å². The fourth-order valence-electron chi connectivity index (χ4n) is 3.48. The molecule has 0 aromatic rings. The molecule has 0 radical (unpaired) electrons. The Morgan fingerprint density at radius 2 is 1.86 bits per heavy atom. The Morgan fingerprint density at radius 1 is 1.14 bits per heavy atom. The Kier molecular flexibility index (Phi) is 4.14. The summed E-state index contributed by atoms with van der Waals surface area (Å²) < 4.78 is 10.7. The zero-order chi connectivity index (χ0) is 15.0. The van der Waals surface area contributed by atoms with Gasteiger partial charge in [0.1, 0.15) is 5.60 Å². The van der Waals surface area contributed by atoms with E-state index in [1.165, 1.54) is 25.9 Å². The van der Waals surface area contributed by atoms with Crippen molar-refractivity contribution in [2.75, 3.05) is 39.4 Å². The lowest BCUT2D eigenvalue weighted by Gasteiger charge is -2.48. The molecular formula is C16H28N2O3.